The lowest BCUT2D eigenvalue weighted by molar-refractivity contribution is -0.170. The fraction of sp³-hybridized carbons (Fsp3) is 0.533. The average Bonchev–Trinajstić information content (AvgIpc) is 3.63. The number of rotatable bonds is 7. The maximum absolute atomic E-state index is 14.8. The van der Waals surface area contributed by atoms with Gasteiger partial charge in [0.25, 0.3) is 0 Å². The van der Waals surface area contributed by atoms with Crippen molar-refractivity contribution in [3.8, 4) is 11.1 Å². The van der Waals surface area contributed by atoms with Crippen molar-refractivity contribution in [3.05, 3.63) is 70.8 Å². The molecule has 2 saturated heterocycles. The van der Waals surface area contributed by atoms with Crippen LogP contribution in [0.1, 0.15) is 48.2 Å². The van der Waals surface area contributed by atoms with Crippen molar-refractivity contribution >= 4 is 23.4 Å². The van der Waals surface area contributed by atoms with Crippen LogP contribution >= 0.6 is 23.4 Å². The fourth-order valence-electron chi connectivity index (χ4n) is 6.37. The molecule has 6 rings (SSSR count). The van der Waals surface area contributed by atoms with Crippen molar-refractivity contribution in [2.24, 2.45) is 0 Å². The van der Waals surface area contributed by atoms with Gasteiger partial charge in [0.05, 0.1) is 34.4 Å². The van der Waals surface area contributed by atoms with E-state index >= 15 is 0 Å². The first-order valence-electron chi connectivity index (χ1n) is 14.3. The number of methoxy groups -OCH3 is 1. The molecule has 7 atom stereocenters. The Kier molecular flexibility index (Phi) is 8.76. The van der Waals surface area contributed by atoms with Crippen LogP contribution in [0.5, 0.6) is 0 Å². The fourth-order valence-corrected chi connectivity index (χ4v) is 8.27. The number of hydrogen-bond acceptors (Lipinski definition) is 8. The van der Waals surface area contributed by atoms with Crippen LogP contribution in [0, 0.1) is 18.6 Å². The Hall–Kier alpha value is -2.26. The standard InChI is InChI=1S/C30H32ClF4N3O5S/c1-15-4-3-11-36-22(15)27(29(40)7-9-30(34,35)10-8-29)44-28-26(41-2)23(25-24(43-28)19(39)14-42-25)38-13-16(12-37-38)17-5-6-18(31)21(33)20(17)32/h3-6,11-13,19,23-28,39-40H,7-10,14H2,1-2H3/t19?,23?,24?,25-,26?,27-,28+/m1/s1. The van der Waals surface area contributed by atoms with E-state index in [1.807, 2.05) is 13.0 Å². The van der Waals surface area contributed by atoms with E-state index in [1.165, 1.54) is 48.1 Å². The minimum absolute atomic E-state index is 0.0212. The monoisotopic (exact) mass is 657 g/mol. The third kappa shape index (κ3) is 5.76. The van der Waals surface area contributed by atoms with Gasteiger partial charge in [-0.15, -0.1) is 11.8 Å². The van der Waals surface area contributed by atoms with E-state index in [-0.39, 0.29) is 35.6 Å². The third-order valence-electron chi connectivity index (χ3n) is 8.82. The number of alkyl halides is 2. The zero-order valence-electron chi connectivity index (χ0n) is 23.9. The summed E-state index contributed by atoms with van der Waals surface area (Å²) in [7, 11) is 1.47. The lowest BCUT2D eigenvalue weighted by Gasteiger charge is -2.47. The van der Waals surface area contributed by atoms with Crippen molar-refractivity contribution in [1.29, 1.82) is 0 Å². The Labute approximate surface area is 260 Å². The summed E-state index contributed by atoms with van der Waals surface area (Å²) < 4.78 is 77.3. The predicted molar refractivity (Wildman–Crippen MR) is 155 cm³/mol. The van der Waals surface area contributed by atoms with Gasteiger partial charge in [-0.05, 0) is 43.5 Å². The zero-order valence-corrected chi connectivity index (χ0v) is 25.4. The van der Waals surface area contributed by atoms with Crippen LogP contribution in [0.4, 0.5) is 17.6 Å². The van der Waals surface area contributed by atoms with E-state index in [1.54, 1.807) is 12.3 Å². The summed E-state index contributed by atoms with van der Waals surface area (Å²) in [5.74, 6) is -5.16. The number of thioether (sulfide) groups is 1. The van der Waals surface area contributed by atoms with Crippen molar-refractivity contribution in [2.45, 2.75) is 85.3 Å². The predicted octanol–water partition coefficient (Wildman–Crippen LogP) is 5.64. The molecule has 1 aromatic carbocycles. The minimum atomic E-state index is -2.87. The molecular formula is C30H32ClF4N3O5S. The smallest absolute Gasteiger partial charge is 0.248 e. The van der Waals surface area contributed by atoms with Gasteiger partial charge in [0, 0.05) is 43.5 Å². The van der Waals surface area contributed by atoms with Gasteiger partial charge in [0.2, 0.25) is 5.92 Å². The highest BCUT2D eigenvalue weighted by molar-refractivity contribution is 8.00. The molecule has 2 aromatic heterocycles. The Morgan fingerprint density at radius 2 is 1.89 bits per heavy atom. The maximum Gasteiger partial charge on any atom is 0.248 e. The second-order valence-corrected chi connectivity index (χ2v) is 13.3. The second kappa shape index (κ2) is 12.2. The first-order valence-corrected chi connectivity index (χ1v) is 15.6. The summed E-state index contributed by atoms with van der Waals surface area (Å²) in [4.78, 5) is 4.54. The van der Waals surface area contributed by atoms with E-state index in [0.29, 0.717) is 5.69 Å². The van der Waals surface area contributed by atoms with Crippen LogP contribution in [0.2, 0.25) is 5.02 Å². The Bertz CT molecular complexity index is 1510. The molecule has 0 amide bonds. The second-order valence-electron chi connectivity index (χ2n) is 11.6. The van der Waals surface area contributed by atoms with E-state index in [0.717, 1.165) is 5.56 Å². The maximum atomic E-state index is 14.8. The molecule has 4 heterocycles. The van der Waals surface area contributed by atoms with Crippen LogP contribution < -0.4 is 0 Å². The molecule has 0 bridgehead atoms. The third-order valence-corrected chi connectivity index (χ3v) is 10.7. The number of aromatic nitrogens is 3. The van der Waals surface area contributed by atoms with Crippen LogP contribution in [-0.2, 0) is 14.2 Å². The molecule has 0 spiro atoms. The zero-order chi connectivity index (χ0) is 31.4. The summed E-state index contributed by atoms with van der Waals surface area (Å²) in [6, 6.07) is 5.49. The Morgan fingerprint density at radius 3 is 2.59 bits per heavy atom. The van der Waals surface area contributed by atoms with Crippen LogP contribution in [0.3, 0.4) is 0 Å². The average molecular weight is 658 g/mol. The molecule has 2 aliphatic heterocycles. The molecule has 238 valence electrons. The molecule has 14 heteroatoms. The lowest BCUT2D eigenvalue weighted by Crippen LogP contribution is -2.56. The number of halogens is 5. The molecule has 1 aliphatic carbocycles. The number of ether oxygens (including phenoxy) is 3. The highest BCUT2D eigenvalue weighted by Crippen LogP contribution is 2.53. The molecule has 44 heavy (non-hydrogen) atoms. The molecule has 0 radical (unpaired) electrons. The molecular weight excluding hydrogens is 626 g/mol. The van der Waals surface area contributed by atoms with E-state index < -0.39 is 77.1 Å². The number of fused-ring (bicyclic) bond motifs is 1. The summed E-state index contributed by atoms with van der Waals surface area (Å²) in [5, 5.41) is 26.0. The van der Waals surface area contributed by atoms with Gasteiger partial charge in [-0.25, -0.2) is 17.6 Å². The highest BCUT2D eigenvalue weighted by Gasteiger charge is 2.56. The molecule has 3 fully saturated rings. The number of aryl methyl sites for hydroxylation is 1. The number of nitrogens with zero attached hydrogens (tertiary/aromatic N) is 3. The van der Waals surface area contributed by atoms with Gasteiger partial charge < -0.3 is 24.4 Å². The summed E-state index contributed by atoms with van der Waals surface area (Å²) >= 11 is 6.93. The van der Waals surface area contributed by atoms with E-state index in [9.17, 15) is 27.8 Å². The number of hydrogen-bond donors (Lipinski definition) is 2. The summed E-state index contributed by atoms with van der Waals surface area (Å²) in [5.41, 5.74) is -0.841. The Morgan fingerprint density at radius 1 is 1.14 bits per heavy atom. The van der Waals surface area contributed by atoms with Gasteiger partial charge in [-0.2, -0.15) is 5.10 Å². The van der Waals surface area contributed by atoms with Crippen LogP contribution in [-0.4, -0.2) is 80.1 Å². The minimum Gasteiger partial charge on any atom is -0.388 e. The van der Waals surface area contributed by atoms with Crippen molar-refractivity contribution in [2.75, 3.05) is 13.7 Å². The molecule has 1 saturated carbocycles. The molecule has 8 nitrogen and oxygen atoms in total. The van der Waals surface area contributed by atoms with Gasteiger partial charge in [-0.1, -0.05) is 17.7 Å². The van der Waals surface area contributed by atoms with Crippen molar-refractivity contribution in [3.63, 3.8) is 0 Å². The Balaban J connectivity index is 1.37. The first kappa shape index (κ1) is 31.7. The van der Waals surface area contributed by atoms with Gasteiger partial charge in [0.1, 0.15) is 35.9 Å². The molecule has 3 aliphatic rings. The number of aliphatic hydroxyl groups is 2. The quantitative estimate of drug-likeness (QED) is 0.249. The molecule has 3 aromatic rings. The van der Waals surface area contributed by atoms with Crippen LogP contribution in [0.25, 0.3) is 11.1 Å². The van der Waals surface area contributed by atoms with Gasteiger partial charge >= 0.3 is 0 Å². The lowest BCUT2D eigenvalue weighted by atomic mass is 9.79. The molecule has 4 unspecified atom stereocenters. The number of pyridine rings is 1. The van der Waals surface area contributed by atoms with Crippen molar-refractivity contribution < 1.29 is 42.0 Å². The normalized spacial score (nSPS) is 30.2. The largest absolute Gasteiger partial charge is 0.388 e. The summed E-state index contributed by atoms with van der Waals surface area (Å²) in [6.07, 6.45) is -0.0833. The SMILES string of the molecule is COC1C(n2cc(-c3ccc(Cl)c(F)c3F)cn2)[C@H]2OCC(O)C2O[C@H]1S[C@H](c1ncccc1C)C1(O)CCC(F)(F)CC1. The van der Waals surface area contributed by atoms with Gasteiger partial charge in [0.15, 0.2) is 11.6 Å². The van der Waals surface area contributed by atoms with E-state index in [2.05, 4.69) is 10.1 Å². The van der Waals surface area contributed by atoms with Crippen LogP contribution in [0.15, 0.2) is 42.9 Å². The van der Waals surface area contributed by atoms with Crippen molar-refractivity contribution in [1.82, 2.24) is 14.8 Å². The topological polar surface area (TPSA) is 98.9 Å². The molecule has 2 N–H and O–H groups in total. The summed E-state index contributed by atoms with van der Waals surface area (Å²) in [6.45, 7) is 1.82. The van der Waals surface area contributed by atoms with E-state index in [4.69, 9.17) is 25.8 Å². The first-order chi connectivity index (χ1) is 20.9. The van der Waals surface area contributed by atoms with Gasteiger partial charge in [-0.3, -0.25) is 9.67 Å². The number of aliphatic hydroxyl groups excluding tert-OH is 1. The highest BCUT2D eigenvalue weighted by atomic mass is 35.5. The number of benzene rings is 1.